The summed E-state index contributed by atoms with van der Waals surface area (Å²) in [6, 6.07) is 15.9. The largest absolute Gasteiger partial charge is 0.497 e. The molecule has 152 valence electrons. The highest BCUT2D eigenvalue weighted by Gasteiger charge is 2.19. The van der Waals surface area contributed by atoms with Crippen LogP contribution in [-0.4, -0.2) is 39.1 Å². The Labute approximate surface area is 175 Å². The minimum atomic E-state index is -0.267. The minimum Gasteiger partial charge on any atom is -0.497 e. The number of nitrogens with one attached hydrogen (secondary N) is 1. The number of methoxy groups -OCH3 is 1. The summed E-state index contributed by atoms with van der Waals surface area (Å²) in [7, 11) is 1.64. The molecule has 0 radical (unpaired) electrons. The fourth-order valence-electron chi connectivity index (χ4n) is 2.80. The number of hydrogen-bond acceptors (Lipinski definition) is 5. The van der Waals surface area contributed by atoms with Crippen LogP contribution in [0.4, 0.5) is 0 Å². The molecule has 0 fully saturated rings. The zero-order valence-corrected chi connectivity index (χ0v) is 18.2. The lowest BCUT2D eigenvalue weighted by Crippen LogP contribution is -2.41. The summed E-state index contributed by atoms with van der Waals surface area (Å²) in [6.07, 6.45) is 0. The Morgan fingerprint density at radius 3 is 2.31 bits per heavy atom. The molecule has 1 aromatic heterocycles. The second kappa shape index (κ2) is 8.69. The molecule has 1 N–H and O–H groups in total. The number of carbonyl (C=O) groups is 1. The lowest BCUT2D eigenvalue weighted by molar-refractivity contribution is -0.119. The number of carbonyl (C=O) groups excluding carboxylic acids is 1. The molecule has 2 aromatic carbocycles. The van der Waals surface area contributed by atoms with Crippen molar-refractivity contribution in [3.8, 4) is 22.8 Å². The van der Waals surface area contributed by atoms with Crippen LogP contribution in [0.2, 0.25) is 0 Å². The number of benzene rings is 2. The van der Waals surface area contributed by atoms with Crippen LogP contribution in [0.25, 0.3) is 17.1 Å². The third kappa shape index (κ3) is 5.38. The van der Waals surface area contributed by atoms with Gasteiger partial charge >= 0.3 is 0 Å². The highest BCUT2D eigenvalue weighted by molar-refractivity contribution is 7.99. The minimum absolute atomic E-state index is 0.0352. The van der Waals surface area contributed by atoms with Crippen molar-refractivity contribution >= 4 is 17.7 Å². The van der Waals surface area contributed by atoms with Gasteiger partial charge in [-0.1, -0.05) is 29.5 Å². The maximum Gasteiger partial charge on any atom is 0.230 e. The summed E-state index contributed by atoms with van der Waals surface area (Å²) in [5.41, 5.74) is 2.78. The summed E-state index contributed by atoms with van der Waals surface area (Å²) in [4.78, 5) is 12.3. The number of nitrogens with zero attached hydrogens (tertiary/aromatic N) is 3. The lowest BCUT2D eigenvalue weighted by Gasteiger charge is -2.20. The summed E-state index contributed by atoms with van der Waals surface area (Å²) in [5, 5.41) is 12.4. The maximum absolute atomic E-state index is 12.3. The van der Waals surface area contributed by atoms with Gasteiger partial charge in [-0.25, -0.2) is 0 Å². The SMILES string of the molecule is COc1ccc(-c2nnc(SCC(=O)NC(C)(C)C)n2-c2ccc(C)cc2)cc1. The Kier molecular flexibility index (Phi) is 6.27. The molecule has 6 nitrogen and oxygen atoms in total. The average Bonchev–Trinajstić information content (AvgIpc) is 3.09. The van der Waals surface area contributed by atoms with E-state index in [1.807, 2.05) is 80.8 Å². The Morgan fingerprint density at radius 2 is 1.72 bits per heavy atom. The van der Waals surface area contributed by atoms with Crippen molar-refractivity contribution in [1.82, 2.24) is 20.1 Å². The van der Waals surface area contributed by atoms with Crippen LogP contribution in [0, 0.1) is 6.92 Å². The molecule has 0 aliphatic heterocycles. The molecule has 0 aliphatic rings. The van der Waals surface area contributed by atoms with E-state index in [0.29, 0.717) is 5.16 Å². The van der Waals surface area contributed by atoms with Gasteiger partial charge in [-0.3, -0.25) is 9.36 Å². The first kappa shape index (κ1) is 20.9. The third-order valence-corrected chi connectivity index (χ3v) is 5.05. The van der Waals surface area contributed by atoms with E-state index in [9.17, 15) is 4.79 Å². The zero-order valence-electron chi connectivity index (χ0n) is 17.4. The first-order chi connectivity index (χ1) is 13.8. The lowest BCUT2D eigenvalue weighted by atomic mass is 10.1. The second-order valence-corrected chi connectivity index (χ2v) is 8.73. The zero-order chi connectivity index (χ0) is 21.0. The van der Waals surface area contributed by atoms with E-state index in [1.54, 1.807) is 7.11 Å². The molecule has 7 heteroatoms. The van der Waals surface area contributed by atoms with E-state index in [1.165, 1.54) is 17.3 Å². The number of ether oxygens (including phenoxy) is 1. The number of hydrogen-bond donors (Lipinski definition) is 1. The maximum atomic E-state index is 12.3. The Bertz CT molecular complexity index is 974. The monoisotopic (exact) mass is 410 g/mol. The van der Waals surface area contributed by atoms with Crippen LogP contribution in [0.5, 0.6) is 5.75 Å². The van der Waals surface area contributed by atoms with Crippen molar-refractivity contribution in [3.05, 3.63) is 54.1 Å². The predicted molar refractivity (Wildman–Crippen MR) is 117 cm³/mol. The molecule has 0 spiro atoms. The van der Waals surface area contributed by atoms with Crippen LogP contribution in [0.1, 0.15) is 26.3 Å². The summed E-state index contributed by atoms with van der Waals surface area (Å²) < 4.78 is 7.23. The molecule has 0 bridgehead atoms. The van der Waals surface area contributed by atoms with Crippen LogP contribution >= 0.6 is 11.8 Å². The van der Waals surface area contributed by atoms with Gasteiger partial charge in [-0.15, -0.1) is 10.2 Å². The molecule has 29 heavy (non-hydrogen) atoms. The van der Waals surface area contributed by atoms with Crippen molar-refractivity contribution in [2.75, 3.05) is 12.9 Å². The summed E-state index contributed by atoms with van der Waals surface area (Å²) in [6.45, 7) is 7.94. The highest BCUT2D eigenvalue weighted by Crippen LogP contribution is 2.29. The molecular weight excluding hydrogens is 384 g/mol. The quantitative estimate of drug-likeness (QED) is 0.615. The third-order valence-electron chi connectivity index (χ3n) is 4.12. The van der Waals surface area contributed by atoms with E-state index < -0.39 is 0 Å². The number of aryl methyl sites for hydroxylation is 1. The van der Waals surface area contributed by atoms with E-state index >= 15 is 0 Å². The second-order valence-electron chi connectivity index (χ2n) is 7.79. The van der Waals surface area contributed by atoms with Gasteiger partial charge in [-0.05, 0) is 64.1 Å². The van der Waals surface area contributed by atoms with E-state index in [4.69, 9.17) is 4.74 Å². The van der Waals surface area contributed by atoms with Gasteiger partial charge in [0, 0.05) is 16.8 Å². The van der Waals surface area contributed by atoms with Crippen LogP contribution in [0.3, 0.4) is 0 Å². The smallest absolute Gasteiger partial charge is 0.230 e. The molecule has 1 heterocycles. The molecule has 0 atom stereocenters. The predicted octanol–water partition coefficient (Wildman–Crippen LogP) is 4.26. The number of amides is 1. The molecular formula is C22H26N4O2S. The Morgan fingerprint density at radius 1 is 1.07 bits per heavy atom. The highest BCUT2D eigenvalue weighted by atomic mass is 32.2. The van der Waals surface area contributed by atoms with Gasteiger partial charge in [0.2, 0.25) is 5.91 Å². The number of aromatic nitrogens is 3. The van der Waals surface area contributed by atoms with Crippen LogP contribution in [0.15, 0.2) is 53.7 Å². The van der Waals surface area contributed by atoms with Gasteiger partial charge in [0.05, 0.1) is 12.9 Å². The van der Waals surface area contributed by atoms with E-state index in [0.717, 1.165) is 22.8 Å². The van der Waals surface area contributed by atoms with Gasteiger partial charge < -0.3 is 10.1 Å². The Balaban J connectivity index is 1.94. The molecule has 1 amide bonds. The number of thioether (sulfide) groups is 1. The molecule has 3 aromatic rings. The van der Waals surface area contributed by atoms with Crippen molar-refractivity contribution in [1.29, 1.82) is 0 Å². The standard InChI is InChI=1S/C22H26N4O2S/c1-15-6-10-17(11-7-15)26-20(16-8-12-18(28-5)13-9-16)24-25-21(26)29-14-19(27)23-22(2,3)4/h6-13H,14H2,1-5H3,(H,23,27). The molecule has 3 rings (SSSR count). The molecule has 0 saturated carbocycles. The topological polar surface area (TPSA) is 69.0 Å². The molecule has 0 unspecified atom stereocenters. The summed E-state index contributed by atoms with van der Waals surface area (Å²) >= 11 is 1.37. The first-order valence-electron chi connectivity index (χ1n) is 9.37. The van der Waals surface area contributed by atoms with Crippen molar-refractivity contribution < 1.29 is 9.53 Å². The van der Waals surface area contributed by atoms with Crippen molar-refractivity contribution in [3.63, 3.8) is 0 Å². The van der Waals surface area contributed by atoms with Gasteiger partial charge in [0.25, 0.3) is 0 Å². The molecule has 0 saturated heterocycles. The van der Waals surface area contributed by atoms with E-state index in [-0.39, 0.29) is 17.2 Å². The van der Waals surface area contributed by atoms with Crippen molar-refractivity contribution in [2.45, 2.75) is 38.4 Å². The first-order valence-corrected chi connectivity index (χ1v) is 10.4. The molecule has 0 aliphatic carbocycles. The number of rotatable bonds is 6. The summed E-state index contributed by atoms with van der Waals surface area (Å²) in [5.74, 6) is 1.73. The Hall–Kier alpha value is -2.80. The fourth-order valence-corrected chi connectivity index (χ4v) is 3.55. The van der Waals surface area contributed by atoms with E-state index in [2.05, 4.69) is 15.5 Å². The van der Waals surface area contributed by atoms with Crippen molar-refractivity contribution in [2.24, 2.45) is 0 Å². The van der Waals surface area contributed by atoms with Crippen LogP contribution in [-0.2, 0) is 4.79 Å². The van der Waals surface area contributed by atoms with Gasteiger partial charge in [0.1, 0.15) is 5.75 Å². The van der Waals surface area contributed by atoms with Crippen LogP contribution < -0.4 is 10.1 Å². The van der Waals surface area contributed by atoms with Gasteiger partial charge in [-0.2, -0.15) is 0 Å². The average molecular weight is 411 g/mol. The van der Waals surface area contributed by atoms with Gasteiger partial charge in [0.15, 0.2) is 11.0 Å². The normalized spacial score (nSPS) is 11.3. The fraction of sp³-hybridized carbons (Fsp3) is 0.318.